The number of piperazine rings is 1. The fourth-order valence-corrected chi connectivity index (χ4v) is 4.03. The zero-order valence-electron chi connectivity index (χ0n) is 15.8. The Bertz CT molecular complexity index is 900. The molecule has 2 aromatic heterocycles. The van der Waals surface area contributed by atoms with Crippen molar-refractivity contribution in [2.45, 2.75) is 20.1 Å². The summed E-state index contributed by atoms with van der Waals surface area (Å²) in [5.41, 5.74) is 1.08. The number of ether oxygens (including phenoxy) is 1. The topological polar surface area (TPSA) is 58.8 Å². The molecule has 1 fully saturated rings. The Morgan fingerprint density at radius 1 is 1.14 bits per heavy atom. The van der Waals surface area contributed by atoms with E-state index in [1.807, 2.05) is 42.2 Å². The number of para-hydroxylation sites is 1. The van der Waals surface area contributed by atoms with Crippen molar-refractivity contribution in [3.8, 4) is 5.75 Å². The fourth-order valence-electron chi connectivity index (χ4n) is 3.28. The van der Waals surface area contributed by atoms with Gasteiger partial charge in [-0.05, 0) is 30.5 Å². The number of hydrogen-bond donors (Lipinski definition) is 0. The SMILES string of the molecule is Cc1onc(C(=O)N2CCN(Cc3cccs3)CC2)c1COc1ccccc1. The summed E-state index contributed by atoms with van der Waals surface area (Å²) >= 11 is 1.77. The molecule has 0 radical (unpaired) electrons. The summed E-state index contributed by atoms with van der Waals surface area (Å²) in [6, 6.07) is 13.8. The zero-order valence-corrected chi connectivity index (χ0v) is 16.7. The molecule has 0 bridgehead atoms. The fraction of sp³-hybridized carbons (Fsp3) is 0.333. The molecule has 1 saturated heterocycles. The zero-order chi connectivity index (χ0) is 19.3. The average molecular weight is 398 g/mol. The number of thiophene rings is 1. The first-order valence-electron chi connectivity index (χ1n) is 9.37. The highest BCUT2D eigenvalue weighted by Gasteiger charge is 2.28. The predicted molar refractivity (Wildman–Crippen MR) is 108 cm³/mol. The molecule has 1 aliphatic rings. The smallest absolute Gasteiger partial charge is 0.276 e. The van der Waals surface area contributed by atoms with Gasteiger partial charge in [-0.25, -0.2) is 0 Å². The van der Waals surface area contributed by atoms with Crippen molar-refractivity contribution in [3.05, 3.63) is 69.7 Å². The molecular formula is C21H23N3O3S. The minimum Gasteiger partial charge on any atom is -0.489 e. The van der Waals surface area contributed by atoms with E-state index in [-0.39, 0.29) is 12.5 Å². The standard InChI is InChI=1S/C21H23N3O3S/c1-16-19(15-26-17-6-3-2-4-7-17)20(22-27-16)21(25)24-11-9-23(10-12-24)14-18-8-5-13-28-18/h2-8,13H,9-12,14-15H2,1H3. The molecule has 4 rings (SSSR count). The molecule has 7 heteroatoms. The van der Waals surface area contributed by atoms with E-state index in [0.29, 0.717) is 24.5 Å². The Hall–Kier alpha value is -2.64. The number of aryl methyl sites for hydroxylation is 1. The van der Waals surface area contributed by atoms with Crippen LogP contribution in [0.4, 0.5) is 0 Å². The van der Waals surface area contributed by atoms with E-state index in [1.54, 1.807) is 11.3 Å². The van der Waals surface area contributed by atoms with Gasteiger partial charge in [-0.15, -0.1) is 11.3 Å². The van der Waals surface area contributed by atoms with Crippen LogP contribution in [0.1, 0.15) is 26.7 Å². The summed E-state index contributed by atoms with van der Waals surface area (Å²) in [6.45, 7) is 6.11. The summed E-state index contributed by atoms with van der Waals surface area (Å²) in [6.07, 6.45) is 0. The molecule has 0 atom stereocenters. The third kappa shape index (κ3) is 4.26. The van der Waals surface area contributed by atoms with E-state index in [1.165, 1.54) is 4.88 Å². The van der Waals surface area contributed by atoms with Gasteiger partial charge in [0.1, 0.15) is 18.1 Å². The molecule has 1 amide bonds. The first-order valence-corrected chi connectivity index (χ1v) is 10.3. The summed E-state index contributed by atoms with van der Waals surface area (Å²) in [4.78, 5) is 18.6. The van der Waals surface area contributed by atoms with Crippen LogP contribution in [-0.4, -0.2) is 47.0 Å². The number of hydrogen-bond acceptors (Lipinski definition) is 6. The maximum absolute atomic E-state index is 13.0. The Morgan fingerprint density at radius 2 is 1.93 bits per heavy atom. The third-order valence-corrected chi connectivity index (χ3v) is 5.79. The Kier molecular flexibility index (Phi) is 5.73. The molecule has 0 spiro atoms. The lowest BCUT2D eigenvalue weighted by atomic mass is 10.1. The number of carbonyl (C=O) groups excluding carboxylic acids is 1. The van der Waals surface area contributed by atoms with Gasteiger partial charge >= 0.3 is 0 Å². The van der Waals surface area contributed by atoms with Gasteiger partial charge in [0.2, 0.25) is 0 Å². The van der Waals surface area contributed by atoms with Crippen molar-refractivity contribution in [2.75, 3.05) is 26.2 Å². The summed E-state index contributed by atoms with van der Waals surface area (Å²) < 4.78 is 11.1. The second kappa shape index (κ2) is 8.58. The molecule has 0 saturated carbocycles. The van der Waals surface area contributed by atoms with Gasteiger partial charge in [-0.1, -0.05) is 29.4 Å². The number of carbonyl (C=O) groups is 1. The van der Waals surface area contributed by atoms with Crippen molar-refractivity contribution in [2.24, 2.45) is 0 Å². The largest absolute Gasteiger partial charge is 0.489 e. The summed E-state index contributed by atoms with van der Waals surface area (Å²) in [5.74, 6) is 1.29. The highest BCUT2D eigenvalue weighted by atomic mass is 32.1. The van der Waals surface area contributed by atoms with Gasteiger partial charge in [-0.3, -0.25) is 9.69 Å². The van der Waals surface area contributed by atoms with Crippen LogP contribution in [0.15, 0.2) is 52.4 Å². The molecule has 146 valence electrons. The normalized spacial score (nSPS) is 15.0. The van der Waals surface area contributed by atoms with Gasteiger partial charge in [0.25, 0.3) is 5.91 Å². The second-order valence-electron chi connectivity index (χ2n) is 6.82. The number of aromatic nitrogens is 1. The number of nitrogens with zero attached hydrogens (tertiary/aromatic N) is 3. The van der Waals surface area contributed by atoms with Gasteiger partial charge < -0.3 is 14.2 Å². The van der Waals surface area contributed by atoms with Crippen molar-refractivity contribution >= 4 is 17.2 Å². The van der Waals surface area contributed by atoms with Crippen LogP contribution in [0.5, 0.6) is 5.75 Å². The van der Waals surface area contributed by atoms with Gasteiger partial charge in [0, 0.05) is 37.6 Å². The number of rotatable bonds is 6. The van der Waals surface area contributed by atoms with E-state index in [2.05, 4.69) is 27.6 Å². The maximum atomic E-state index is 13.0. The predicted octanol–water partition coefficient (Wildman–Crippen LogP) is 3.58. The van der Waals surface area contributed by atoms with Gasteiger partial charge in [-0.2, -0.15) is 0 Å². The molecular weight excluding hydrogens is 374 g/mol. The van der Waals surface area contributed by atoms with Crippen LogP contribution in [0, 0.1) is 6.92 Å². The Balaban J connectivity index is 1.37. The van der Waals surface area contributed by atoms with Gasteiger partial charge in [0.15, 0.2) is 5.69 Å². The molecule has 1 aromatic carbocycles. The second-order valence-corrected chi connectivity index (χ2v) is 7.85. The average Bonchev–Trinajstić information content (AvgIpc) is 3.37. The molecule has 28 heavy (non-hydrogen) atoms. The van der Waals surface area contributed by atoms with Crippen LogP contribution >= 0.6 is 11.3 Å². The van der Waals surface area contributed by atoms with Crippen molar-refractivity contribution in [3.63, 3.8) is 0 Å². The minimum absolute atomic E-state index is 0.0840. The molecule has 0 N–H and O–H groups in total. The molecule has 6 nitrogen and oxygen atoms in total. The van der Waals surface area contributed by atoms with Crippen molar-refractivity contribution in [1.29, 1.82) is 0 Å². The van der Waals surface area contributed by atoms with E-state index in [9.17, 15) is 4.79 Å². The lowest BCUT2D eigenvalue weighted by Crippen LogP contribution is -2.48. The van der Waals surface area contributed by atoms with Crippen LogP contribution in [-0.2, 0) is 13.2 Å². The monoisotopic (exact) mass is 397 g/mol. The molecule has 1 aliphatic heterocycles. The highest BCUT2D eigenvalue weighted by molar-refractivity contribution is 7.09. The van der Waals surface area contributed by atoms with Crippen LogP contribution in [0.2, 0.25) is 0 Å². The third-order valence-electron chi connectivity index (χ3n) is 4.93. The minimum atomic E-state index is -0.0840. The molecule has 0 unspecified atom stereocenters. The summed E-state index contributed by atoms with van der Waals surface area (Å²) in [7, 11) is 0. The van der Waals surface area contributed by atoms with Crippen LogP contribution in [0.3, 0.4) is 0 Å². The van der Waals surface area contributed by atoms with Crippen LogP contribution < -0.4 is 4.74 Å². The molecule has 0 aliphatic carbocycles. The Morgan fingerprint density at radius 3 is 2.64 bits per heavy atom. The Labute approximate surface area is 168 Å². The van der Waals surface area contributed by atoms with Crippen molar-refractivity contribution < 1.29 is 14.1 Å². The molecule has 3 aromatic rings. The van der Waals surface area contributed by atoms with Crippen molar-refractivity contribution in [1.82, 2.24) is 15.0 Å². The van der Waals surface area contributed by atoms with Gasteiger partial charge in [0.05, 0.1) is 5.56 Å². The van der Waals surface area contributed by atoms with E-state index >= 15 is 0 Å². The lowest BCUT2D eigenvalue weighted by Gasteiger charge is -2.34. The molecule has 3 heterocycles. The quantitative estimate of drug-likeness (QED) is 0.636. The maximum Gasteiger partial charge on any atom is 0.276 e. The number of benzene rings is 1. The first-order chi connectivity index (χ1) is 13.7. The first kappa shape index (κ1) is 18.7. The number of amides is 1. The summed E-state index contributed by atoms with van der Waals surface area (Å²) in [5, 5.41) is 6.12. The van der Waals surface area contributed by atoms with E-state index < -0.39 is 0 Å². The highest BCUT2D eigenvalue weighted by Crippen LogP contribution is 2.20. The van der Waals surface area contributed by atoms with E-state index in [4.69, 9.17) is 9.26 Å². The van der Waals surface area contributed by atoms with E-state index in [0.717, 1.165) is 30.9 Å². The van der Waals surface area contributed by atoms with Crippen LogP contribution in [0.25, 0.3) is 0 Å². The lowest BCUT2D eigenvalue weighted by molar-refractivity contribution is 0.0617.